The van der Waals surface area contributed by atoms with Crippen molar-refractivity contribution < 1.29 is 18.3 Å². The minimum atomic E-state index is -2.89. The molecule has 0 aromatic heterocycles. The minimum Gasteiger partial charge on any atom is -0.434 e. The van der Waals surface area contributed by atoms with E-state index in [2.05, 4.69) is 21.4 Å². The van der Waals surface area contributed by atoms with Gasteiger partial charge >= 0.3 is 12.6 Å². The fourth-order valence-corrected chi connectivity index (χ4v) is 2.61. The Labute approximate surface area is 134 Å². The first-order valence-corrected chi connectivity index (χ1v) is 7.83. The number of amides is 2. The zero-order chi connectivity index (χ0) is 16.7. The summed E-state index contributed by atoms with van der Waals surface area (Å²) in [5, 5.41) is 5.45. The first kappa shape index (κ1) is 17.2. The molecule has 1 aromatic carbocycles. The van der Waals surface area contributed by atoms with Crippen molar-refractivity contribution in [2.75, 3.05) is 11.9 Å². The van der Waals surface area contributed by atoms with Crippen LogP contribution in [0.4, 0.5) is 19.3 Å². The van der Waals surface area contributed by atoms with Crippen molar-refractivity contribution in [3.63, 3.8) is 0 Å². The quantitative estimate of drug-likeness (QED) is 0.751. The van der Waals surface area contributed by atoms with Crippen molar-refractivity contribution in [1.29, 1.82) is 0 Å². The molecule has 2 N–H and O–H groups in total. The predicted octanol–water partition coefficient (Wildman–Crippen LogP) is 4.61. The van der Waals surface area contributed by atoms with Gasteiger partial charge in [0.1, 0.15) is 5.75 Å². The second-order valence-corrected chi connectivity index (χ2v) is 5.55. The number of benzene rings is 1. The average Bonchev–Trinajstić information content (AvgIpc) is 2.52. The van der Waals surface area contributed by atoms with E-state index in [1.807, 2.05) is 0 Å². The molecule has 4 nitrogen and oxygen atoms in total. The van der Waals surface area contributed by atoms with Crippen LogP contribution in [-0.2, 0) is 0 Å². The molecule has 0 saturated carbocycles. The fourth-order valence-electron chi connectivity index (χ4n) is 2.61. The summed E-state index contributed by atoms with van der Waals surface area (Å²) in [5.41, 5.74) is 2.32. The Morgan fingerprint density at radius 1 is 1.35 bits per heavy atom. The molecule has 0 aliphatic heterocycles. The molecule has 0 fully saturated rings. The molecule has 0 atom stereocenters. The van der Waals surface area contributed by atoms with E-state index in [9.17, 15) is 13.6 Å². The number of hydrogen-bond acceptors (Lipinski definition) is 2. The summed E-state index contributed by atoms with van der Waals surface area (Å²) >= 11 is 0. The minimum absolute atomic E-state index is 0.0603. The Morgan fingerprint density at radius 2 is 2.17 bits per heavy atom. The number of carbonyl (C=O) groups is 1. The van der Waals surface area contributed by atoms with Gasteiger partial charge in [-0.1, -0.05) is 17.7 Å². The van der Waals surface area contributed by atoms with Crippen LogP contribution in [0.15, 0.2) is 29.8 Å². The van der Waals surface area contributed by atoms with Gasteiger partial charge in [-0.15, -0.1) is 0 Å². The number of ether oxygens (including phenoxy) is 1. The molecule has 0 bridgehead atoms. The Morgan fingerprint density at radius 3 is 2.87 bits per heavy atom. The van der Waals surface area contributed by atoms with Gasteiger partial charge in [0.05, 0.1) is 0 Å². The van der Waals surface area contributed by atoms with Crippen LogP contribution >= 0.6 is 0 Å². The van der Waals surface area contributed by atoms with Crippen molar-refractivity contribution in [2.24, 2.45) is 0 Å². The number of urea groups is 1. The number of anilines is 1. The molecule has 126 valence electrons. The van der Waals surface area contributed by atoms with Crippen molar-refractivity contribution in [3.8, 4) is 5.75 Å². The summed E-state index contributed by atoms with van der Waals surface area (Å²) in [7, 11) is 0. The Balaban J connectivity index is 1.84. The molecule has 0 spiro atoms. The summed E-state index contributed by atoms with van der Waals surface area (Å²) in [6, 6.07) is 4.31. The topological polar surface area (TPSA) is 50.4 Å². The fraction of sp³-hybridized carbons (Fsp3) is 0.471. The lowest BCUT2D eigenvalue weighted by Gasteiger charge is -2.15. The van der Waals surface area contributed by atoms with E-state index in [0.717, 1.165) is 19.3 Å². The first-order chi connectivity index (χ1) is 11.1. The van der Waals surface area contributed by atoms with Crippen LogP contribution in [-0.4, -0.2) is 19.2 Å². The highest BCUT2D eigenvalue weighted by atomic mass is 19.3. The first-order valence-electron chi connectivity index (χ1n) is 7.83. The molecule has 0 radical (unpaired) electrons. The predicted molar refractivity (Wildman–Crippen MR) is 86.0 cm³/mol. The van der Waals surface area contributed by atoms with E-state index in [4.69, 9.17) is 0 Å². The third-order valence-corrected chi connectivity index (χ3v) is 3.87. The molecule has 1 aromatic rings. The lowest BCUT2D eigenvalue weighted by atomic mass is 9.97. The maximum Gasteiger partial charge on any atom is 0.387 e. The Bertz CT molecular complexity index is 574. The van der Waals surface area contributed by atoms with Gasteiger partial charge in [0.15, 0.2) is 0 Å². The number of halogens is 2. The van der Waals surface area contributed by atoms with Crippen LogP contribution in [0.2, 0.25) is 0 Å². The maximum atomic E-state index is 12.3. The Hall–Kier alpha value is -2.11. The smallest absolute Gasteiger partial charge is 0.387 e. The van der Waals surface area contributed by atoms with Crippen LogP contribution in [0.3, 0.4) is 0 Å². The van der Waals surface area contributed by atoms with Gasteiger partial charge in [-0.25, -0.2) is 4.79 Å². The lowest BCUT2D eigenvalue weighted by Crippen LogP contribution is -2.30. The number of hydrogen-bond donors (Lipinski definition) is 2. The van der Waals surface area contributed by atoms with Crippen LogP contribution in [0.25, 0.3) is 0 Å². The number of carbonyl (C=O) groups excluding carboxylic acids is 1. The number of nitrogens with one attached hydrogen (secondary N) is 2. The molecule has 0 saturated heterocycles. The third-order valence-electron chi connectivity index (χ3n) is 3.87. The molecule has 1 aliphatic rings. The molecular formula is C17H22F2N2O2. The zero-order valence-corrected chi connectivity index (χ0v) is 13.2. The molecule has 23 heavy (non-hydrogen) atoms. The van der Waals surface area contributed by atoms with E-state index < -0.39 is 6.61 Å². The highest BCUT2D eigenvalue weighted by molar-refractivity contribution is 5.90. The SMILES string of the molecule is Cc1c(NC(=O)NCCC2=CCCCC2)cccc1OC(F)F. The molecule has 6 heteroatoms. The van der Waals surface area contributed by atoms with E-state index in [-0.39, 0.29) is 11.8 Å². The van der Waals surface area contributed by atoms with Gasteiger partial charge in [-0.05, 0) is 51.2 Å². The van der Waals surface area contributed by atoms with Crippen molar-refractivity contribution >= 4 is 11.7 Å². The standard InChI is InChI=1S/C17H22F2N2O2/c1-12-14(8-5-9-15(12)23-16(18)19)21-17(22)20-11-10-13-6-3-2-4-7-13/h5-6,8-9,16H,2-4,7,10-11H2,1H3,(H2,20,21,22). The van der Waals surface area contributed by atoms with Crippen molar-refractivity contribution in [2.45, 2.75) is 45.6 Å². The maximum absolute atomic E-state index is 12.3. The normalized spacial score (nSPS) is 14.3. The molecule has 2 amide bonds. The van der Waals surface area contributed by atoms with Gasteiger partial charge in [0, 0.05) is 17.8 Å². The molecule has 2 rings (SSSR count). The molecule has 0 heterocycles. The van der Waals surface area contributed by atoms with E-state index >= 15 is 0 Å². The van der Waals surface area contributed by atoms with Gasteiger partial charge in [-0.3, -0.25) is 0 Å². The van der Waals surface area contributed by atoms with Gasteiger partial charge < -0.3 is 15.4 Å². The molecule has 0 unspecified atom stereocenters. The van der Waals surface area contributed by atoms with Gasteiger partial charge in [-0.2, -0.15) is 8.78 Å². The van der Waals surface area contributed by atoms with Gasteiger partial charge in [0.25, 0.3) is 0 Å². The third kappa shape index (κ3) is 5.54. The molecule has 1 aliphatic carbocycles. The largest absolute Gasteiger partial charge is 0.434 e. The van der Waals surface area contributed by atoms with Crippen molar-refractivity contribution in [3.05, 3.63) is 35.4 Å². The summed E-state index contributed by atoms with van der Waals surface area (Å²) in [4.78, 5) is 11.9. The summed E-state index contributed by atoms with van der Waals surface area (Å²) in [6.45, 7) is -0.703. The van der Waals surface area contributed by atoms with Crippen LogP contribution < -0.4 is 15.4 Å². The summed E-state index contributed by atoms with van der Waals surface area (Å²) in [5.74, 6) is 0.0603. The number of rotatable bonds is 6. The Kier molecular flexibility index (Phi) is 6.38. The van der Waals surface area contributed by atoms with Crippen molar-refractivity contribution in [1.82, 2.24) is 5.32 Å². The second-order valence-electron chi connectivity index (χ2n) is 5.55. The highest BCUT2D eigenvalue weighted by Crippen LogP contribution is 2.26. The van der Waals surface area contributed by atoms with Gasteiger partial charge in [0.2, 0.25) is 0 Å². The summed E-state index contributed by atoms with van der Waals surface area (Å²) in [6.07, 6.45) is 7.79. The average molecular weight is 324 g/mol. The summed E-state index contributed by atoms with van der Waals surface area (Å²) < 4.78 is 29.0. The van der Waals surface area contributed by atoms with Crippen LogP contribution in [0, 0.1) is 6.92 Å². The monoisotopic (exact) mass is 324 g/mol. The second kappa shape index (κ2) is 8.50. The van der Waals surface area contributed by atoms with Crippen LogP contribution in [0.5, 0.6) is 5.75 Å². The molecular weight excluding hydrogens is 302 g/mol. The highest BCUT2D eigenvalue weighted by Gasteiger charge is 2.12. The van der Waals surface area contributed by atoms with E-state index in [1.165, 1.54) is 24.5 Å². The van der Waals surface area contributed by atoms with Crippen LogP contribution in [0.1, 0.15) is 37.7 Å². The van der Waals surface area contributed by atoms with E-state index in [1.54, 1.807) is 19.1 Å². The lowest BCUT2D eigenvalue weighted by molar-refractivity contribution is -0.0502. The van der Waals surface area contributed by atoms with E-state index in [0.29, 0.717) is 17.8 Å². The number of allylic oxidation sites excluding steroid dienone is 1. The number of alkyl halides is 2. The zero-order valence-electron chi connectivity index (χ0n) is 13.2.